The second-order valence-electron chi connectivity index (χ2n) is 4.29. The minimum atomic E-state index is -1.06. The maximum absolute atomic E-state index is 11.6. The Morgan fingerprint density at radius 3 is 2.62 bits per heavy atom. The molecule has 16 heavy (non-hydrogen) atoms. The molecule has 92 valence electrons. The van der Waals surface area contributed by atoms with Gasteiger partial charge >= 0.3 is 12.0 Å². The first-order chi connectivity index (χ1) is 7.41. The molecule has 3 N–H and O–H groups in total. The first-order valence-electron chi connectivity index (χ1n) is 5.38. The zero-order valence-electron chi connectivity index (χ0n) is 9.51. The highest BCUT2D eigenvalue weighted by atomic mass is 16.4. The smallest absolute Gasteiger partial charge is 0.325 e. The quantitative estimate of drug-likeness (QED) is 0.616. The molecule has 0 spiro atoms. The Morgan fingerprint density at radius 1 is 1.50 bits per heavy atom. The van der Waals surface area contributed by atoms with Crippen molar-refractivity contribution in [2.24, 2.45) is 5.92 Å². The Labute approximate surface area is 94.2 Å². The zero-order valence-corrected chi connectivity index (χ0v) is 9.51. The monoisotopic (exact) mass is 230 g/mol. The van der Waals surface area contributed by atoms with E-state index in [9.17, 15) is 14.7 Å². The Kier molecular flexibility index (Phi) is 4.12. The number of nitrogens with zero attached hydrogens (tertiary/aromatic N) is 1. The first kappa shape index (κ1) is 12.8. The molecule has 2 amide bonds. The second-order valence-corrected chi connectivity index (χ2v) is 4.29. The zero-order chi connectivity index (χ0) is 12.3. The van der Waals surface area contributed by atoms with Crippen LogP contribution >= 0.6 is 0 Å². The van der Waals surface area contributed by atoms with Gasteiger partial charge in [0.2, 0.25) is 0 Å². The van der Waals surface area contributed by atoms with Crippen molar-refractivity contribution >= 4 is 12.0 Å². The van der Waals surface area contributed by atoms with Gasteiger partial charge in [-0.3, -0.25) is 4.79 Å². The van der Waals surface area contributed by atoms with Crippen molar-refractivity contribution in [3.05, 3.63) is 0 Å². The van der Waals surface area contributed by atoms with Crippen molar-refractivity contribution in [2.75, 3.05) is 13.1 Å². The molecule has 0 aromatic rings. The molecule has 1 aliphatic heterocycles. The number of aliphatic hydroxyl groups excluding tert-OH is 1. The summed E-state index contributed by atoms with van der Waals surface area (Å²) in [6, 6.07) is -1.27. The van der Waals surface area contributed by atoms with Crippen LogP contribution in [0.5, 0.6) is 0 Å². The molecule has 0 bridgehead atoms. The standard InChI is InChI=1S/C10H18N2O4/c1-6-5-12(4-3-8(6)13)10(16)11-7(2)9(14)15/h6-8,13H,3-5H2,1-2H3,(H,11,16)(H,14,15)/t6?,7-,8?/m1/s1. The fraction of sp³-hybridized carbons (Fsp3) is 0.800. The van der Waals surface area contributed by atoms with Crippen LogP contribution in [0.15, 0.2) is 0 Å². The number of carboxylic acid groups (broad SMARTS) is 1. The molecule has 3 atom stereocenters. The van der Waals surface area contributed by atoms with Crippen LogP contribution in [0.25, 0.3) is 0 Å². The molecule has 0 radical (unpaired) electrons. The van der Waals surface area contributed by atoms with E-state index in [0.29, 0.717) is 19.5 Å². The number of hydrogen-bond donors (Lipinski definition) is 3. The van der Waals surface area contributed by atoms with E-state index in [1.807, 2.05) is 6.92 Å². The number of urea groups is 1. The van der Waals surface area contributed by atoms with E-state index in [4.69, 9.17) is 5.11 Å². The molecule has 0 aromatic carbocycles. The largest absolute Gasteiger partial charge is 0.480 e. The van der Waals surface area contributed by atoms with E-state index in [-0.39, 0.29) is 18.1 Å². The molecule has 1 aliphatic rings. The van der Waals surface area contributed by atoms with Gasteiger partial charge in [-0.15, -0.1) is 0 Å². The molecule has 1 fully saturated rings. The average molecular weight is 230 g/mol. The molecule has 1 heterocycles. The highest BCUT2D eigenvalue weighted by Crippen LogP contribution is 2.16. The lowest BCUT2D eigenvalue weighted by atomic mass is 9.97. The summed E-state index contributed by atoms with van der Waals surface area (Å²) < 4.78 is 0. The number of nitrogens with one attached hydrogen (secondary N) is 1. The highest BCUT2D eigenvalue weighted by Gasteiger charge is 2.28. The molecular formula is C10H18N2O4. The Morgan fingerprint density at radius 2 is 2.12 bits per heavy atom. The number of likely N-dealkylation sites (tertiary alicyclic amines) is 1. The van der Waals surface area contributed by atoms with Crippen LogP contribution in [0.4, 0.5) is 4.79 Å². The van der Waals surface area contributed by atoms with Crippen LogP contribution in [-0.2, 0) is 4.79 Å². The summed E-state index contributed by atoms with van der Waals surface area (Å²) in [5, 5.41) is 20.5. The molecule has 0 aliphatic carbocycles. The van der Waals surface area contributed by atoms with Crippen LogP contribution in [0.1, 0.15) is 20.3 Å². The third kappa shape index (κ3) is 3.10. The summed E-state index contributed by atoms with van der Waals surface area (Å²) in [5.74, 6) is -1.03. The summed E-state index contributed by atoms with van der Waals surface area (Å²) >= 11 is 0. The minimum Gasteiger partial charge on any atom is -0.480 e. The maximum Gasteiger partial charge on any atom is 0.325 e. The predicted octanol–water partition coefficient (Wildman–Crippen LogP) is -0.128. The molecule has 0 aromatic heterocycles. The molecular weight excluding hydrogens is 212 g/mol. The maximum atomic E-state index is 11.6. The molecule has 6 heteroatoms. The van der Waals surface area contributed by atoms with Crippen molar-refractivity contribution in [1.29, 1.82) is 0 Å². The average Bonchev–Trinajstić information content (AvgIpc) is 2.21. The van der Waals surface area contributed by atoms with Gasteiger partial charge in [-0.05, 0) is 19.3 Å². The van der Waals surface area contributed by atoms with Crippen LogP contribution in [-0.4, -0.2) is 52.3 Å². The fourth-order valence-corrected chi connectivity index (χ4v) is 1.66. The summed E-state index contributed by atoms with van der Waals surface area (Å²) in [7, 11) is 0. The number of aliphatic hydroxyl groups is 1. The van der Waals surface area contributed by atoms with E-state index >= 15 is 0 Å². The summed E-state index contributed by atoms with van der Waals surface area (Å²) in [5.41, 5.74) is 0. The van der Waals surface area contributed by atoms with Gasteiger partial charge < -0.3 is 20.4 Å². The van der Waals surface area contributed by atoms with Crippen molar-refractivity contribution in [2.45, 2.75) is 32.4 Å². The number of piperidine rings is 1. The van der Waals surface area contributed by atoms with Crippen LogP contribution < -0.4 is 5.32 Å². The number of carbonyl (C=O) groups is 2. The first-order valence-corrected chi connectivity index (χ1v) is 5.38. The highest BCUT2D eigenvalue weighted by molar-refractivity contribution is 5.82. The number of carbonyl (C=O) groups excluding carboxylic acids is 1. The van der Waals surface area contributed by atoms with E-state index in [0.717, 1.165) is 0 Å². The van der Waals surface area contributed by atoms with Gasteiger partial charge in [0.25, 0.3) is 0 Å². The van der Waals surface area contributed by atoms with Gasteiger partial charge in [0, 0.05) is 13.1 Å². The van der Waals surface area contributed by atoms with Crippen LogP contribution in [0.3, 0.4) is 0 Å². The number of hydrogen-bond acceptors (Lipinski definition) is 3. The van der Waals surface area contributed by atoms with Crippen molar-refractivity contribution in [1.82, 2.24) is 10.2 Å². The minimum absolute atomic E-state index is 0.0274. The lowest BCUT2D eigenvalue weighted by molar-refractivity contribution is -0.138. The summed E-state index contributed by atoms with van der Waals surface area (Å²) in [6.45, 7) is 4.20. The summed E-state index contributed by atoms with van der Waals surface area (Å²) in [6.07, 6.45) is 0.164. The molecule has 1 rings (SSSR count). The van der Waals surface area contributed by atoms with Gasteiger partial charge in [0.15, 0.2) is 0 Å². The van der Waals surface area contributed by atoms with Gasteiger partial charge in [-0.25, -0.2) is 4.79 Å². The molecule has 0 saturated carbocycles. The predicted molar refractivity (Wildman–Crippen MR) is 57.0 cm³/mol. The Bertz CT molecular complexity index is 282. The SMILES string of the molecule is CC1CN(C(=O)N[C@H](C)C(=O)O)CCC1O. The van der Waals surface area contributed by atoms with E-state index in [1.54, 1.807) is 0 Å². The van der Waals surface area contributed by atoms with E-state index in [2.05, 4.69) is 5.32 Å². The lowest BCUT2D eigenvalue weighted by Crippen LogP contribution is -2.52. The number of carboxylic acids is 1. The molecule has 6 nitrogen and oxygen atoms in total. The van der Waals surface area contributed by atoms with Crippen LogP contribution in [0.2, 0.25) is 0 Å². The second kappa shape index (κ2) is 5.16. The number of amides is 2. The number of rotatable bonds is 2. The number of aliphatic carboxylic acids is 1. The van der Waals surface area contributed by atoms with Crippen molar-refractivity contribution < 1.29 is 19.8 Å². The van der Waals surface area contributed by atoms with Crippen molar-refractivity contribution in [3.63, 3.8) is 0 Å². The van der Waals surface area contributed by atoms with Gasteiger partial charge in [-0.1, -0.05) is 6.92 Å². The fourth-order valence-electron chi connectivity index (χ4n) is 1.66. The molecule has 2 unspecified atom stereocenters. The van der Waals surface area contributed by atoms with Gasteiger partial charge in [0.1, 0.15) is 6.04 Å². The Balaban J connectivity index is 2.46. The van der Waals surface area contributed by atoms with Crippen LogP contribution in [0, 0.1) is 5.92 Å². The van der Waals surface area contributed by atoms with Gasteiger partial charge in [-0.2, -0.15) is 0 Å². The lowest BCUT2D eigenvalue weighted by Gasteiger charge is -2.34. The molecule has 1 saturated heterocycles. The van der Waals surface area contributed by atoms with Gasteiger partial charge in [0.05, 0.1) is 6.10 Å². The van der Waals surface area contributed by atoms with E-state index < -0.39 is 12.0 Å². The Hall–Kier alpha value is -1.30. The van der Waals surface area contributed by atoms with E-state index in [1.165, 1.54) is 11.8 Å². The third-order valence-corrected chi connectivity index (χ3v) is 2.86. The topological polar surface area (TPSA) is 89.9 Å². The van der Waals surface area contributed by atoms with Crippen molar-refractivity contribution in [3.8, 4) is 0 Å². The third-order valence-electron chi connectivity index (χ3n) is 2.86. The normalized spacial score (nSPS) is 27.3. The summed E-state index contributed by atoms with van der Waals surface area (Å²) in [4.78, 5) is 23.7.